The van der Waals surface area contributed by atoms with Crippen LogP contribution >= 0.6 is 0 Å². The summed E-state index contributed by atoms with van der Waals surface area (Å²) >= 11 is 0. The Bertz CT molecular complexity index is 716. The highest BCUT2D eigenvalue weighted by Gasteiger charge is 2.17. The normalized spacial score (nSPS) is 10.8. The van der Waals surface area contributed by atoms with Crippen LogP contribution in [0.15, 0.2) is 48.5 Å². The molecule has 0 N–H and O–H groups in total. The third kappa shape index (κ3) is 5.41. The van der Waals surface area contributed by atoms with E-state index in [0.29, 0.717) is 17.1 Å². The molecule has 2 aromatic carbocycles. The summed E-state index contributed by atoms with van der Waals surface area (Å²) in [4.78, 5) is 12.6. The number of hydrogen-bond donors (Lipinski definition) is 0. The number of ketones is 1. The van der Waals surface area contributed by atoms with Gasteiger partial charge in [0.05, 0.1) is 0 Å². The van der Waals surface area contributed by atoms with Crippen LogP contribution in [-0.2, 0) is 9.47 Å². The second-order valence-corrected chi connectivity index (χ2v) is 4.98. The number of ether oxygens (including phenoxy) is 4. The Kier molecular flexibility index (Phi) is 7.13. The first kappa shape index (κ1) is 18.6. The van der Waals surface area contributed by atoms with E-state index in [1.165, 1.54) is 38.5 Å². The van der Waals surface area contributed by atoms with Gasteiger partial charge in [-0.05, 0) is 35.9 Å². The molecule has 25 heavy (non-hydrogen) atoms. The summed E-state index contributed by atoms with van der Waals surface area (Å²) in [5.41, 5.74) is 0.812. The second-order valence-electron chi connectivity index (χ2n) is 4.98. The minimum atomic E-state index is -0.373. The molecule has 2 aromatic rings. The predicted octanol–water partition coefficient (Wildman–Crippen LogP) is 3.69. The summed E-state index contributed by atoms with van der Waals surface area (Å²) < 4.78 is 33.9. The van der Waals surface area contributed by atoms with Crippen LogP contribution in [0.3, 0.4) is 0 Å². The summed E-state index contributed by atoms with van der Waals surface area (Å²) in [6.07, 6.45) is 2.86. The van der Waals surface area contributed by atoms with Gasteiger partial charge in [0.25, 0.3) is 0 Å². The van der Waals surface area contributed by atoms with E-state index in [1.807, 2.05) is 0 Å². The summed E-state index contributed by atoms with van der Waals surface area (Å²) in [5.74, 6) is -0.0710. The van der Waals surface area contributed by atoms with Crippen molar-refractivity contribution in [2.45, 2.75) is 0 Å². The predicted molar refractivity (Wildman–Crippen MR) is 91.2 cm³/mol. The fourth-order valence-corrected chi connectivity index (χ4v) is 2.10. The fourth-order valence-electron chi connectivity index (χ4n) is 2.10. The monoisotopic (exact) mass is 346 g/mol. The van der Waals surface area contributed by atoms with Crippen LogP contribution < -0.4 is 9.47 Å². The van der Waals surface area contributed by atoms with Crippen LogP contribution in [0, 0.1) is 5.82 Å². The van der Waals surface area contributed by atoms with E-state index in [-0.39, 0.29) is 30.7 Å². The molecule has 0 atom stereocenters. The number of benzene rings is 2. The van der Waals surface area contributed by atoms with Gasteiger partial charge in [0.1, 0.15) is 22.9 Å². The Balaban J connectivity index is 2.31. The first-order valence-electron chi connectivity index (χ1n) is 7.50. The lowest BCUT2D eigenvalue weighted by atomic mass is 10.1. The van der Waals surface area contributed by atoms with Crippen molar-refractivity contribution in [1.82, 2.24) is 0 Å². The van der Waals surface area contributed by atoms with Crippen LogP contribution in [0.5, 0.6) is 11.5 Å². The van der Waals surface area contributed by atoms with Gasteiger partial charge in [0.2, 0.25) is 0 Å². The topological polar surface area (TPSA) is 54.0 Å². The second kappa shape index (κ2) is 9.56. The zero-order chi connectivity index (χ0) is 18.1. The maximum Gasteiger partial charge on any atom is 0.193 e. The quantitative estimate of drug-likeness (QED) is 0.394. The molecule has 0 radical (unpaired) electrons. The number of methoxy groups -OCH3 is 2. The fraction of sp³-hybridized carbons (Fsp3) is 0.211. The minimum absolute atomic E-state index is 0.0123. The lowest BCUT2D eigenvalue weighted by Crippen LogP contribution is -2.09. The van der Waals surface area contributed by atoms with Crippen molar-refractivity contribution in [3.05, 3.63) is 65.5 Å². The molecule has 0 saturated carbocycles. The molecule has 0 saturated heterocycles. The van der Waals surface area contributed by atoms with Crippen molar-refractivity contribution < 1.29 is 28.1 Å². The van der Waals surface area contributed by atoms with E-state index in [4.69, 9.17) is 18.9 Å². The van der Waals surface area contributed by atoms with Crippen molar-refractivity contribution in [3.8, 4) is 11.5 Å². The Labute approximate surface area is 145 Å². The van der Waals surface area contributed by atoms with Gasteiger partial charge in [0.15, 0.2) is 19.4 Å². The smallest absolute Gasteiger partial charge is 0.193 e. The number of carbonyl (C=O) groups excluding carboxylic acids is 1. The molecule has 0 unspecified atom stereocenters. The molecular formula is C19H19FO5. The van der Waals surface area contributed by atoms with Crippen molar-refractivity contribution in [1.29, 1.82) is 0 Å². The summed E-state index contributed by atoms with van der Waals surface area (Å²) in [6, 6.07) is 10.9. The zero-order valence-electron chi connectivity index (χ0n) is 14.0. The highest BCUT2D eigenvalue weighted by molar-refractivity contribution is 6.10. The first-order chi connectivity index (χ1) is 12.2. The maximum atomic E-state index is 13.2. The highest BCUT2D eigenvalue weighted by Crippen LogP contribution is 2.30. The molecule has 132 valence electrons. The van der Waals surface area contributed by atoms with Gasteiger partial charge in [-0.1, -0.05) is 24.3 Å². The molecule has 0 aliphatic carbocycles. The molecule has 5 nitrogen and oxygen atoms in total. The van der Waals surface area contributed by atoms with E-state index >= 15 is 0 Å². The molecule has 0 spiro atoms. The summed E-state index contributed by atoms with van der Waals surface area (Å²) in [7, 11) is 2.97. The van der Waals surface area contributed by atoms with Gasteiger partial charge in [-0.15, -0.1) is 0 Å². The van der Waals surface area contributed by atoms with Crippen molar-refractivity contribution >= 4 is 11.9 Å². The Morgan fingerprint density at radius 3 is 2.16 bits per heavy atom. The van der Waals surface area contributed by atoms with Crippen LogP contribution in [-0.4, -0.2) is 33.6 Å². The van der Waals surface area contributed by atoms with E-state index in [2.05, 4.69) is 0 Å². The van der Waals surface area contributed by atoms with Crippen LogP contribution in [0.1, 0.15) is 15.9 Å². The third-order valence-electron chi connectivity index (χ3n) is 3.17. The number of halogens is 1. The number of hydrogen-bond acceptors (Lipinski definition) is 5. The molecule has 0 amide bonds. The molecule has 0 fully saturated rings. The summed E-state index contributed by atoms with van der Waals surface area (Å²) in [5, 5.41) is 0. The maximum absolute atomic E-state index is 13.2. The lowest BCUT2D eigenvalue weighted by molar-refractivity contribution is 0.0447. The van der Waals surface area contributed by atoms with E-state index in [1.54, 1.807) is 30.3 Å². The molecule has 2 rings (SSSR count). The van der Waals surface area contributed by atoms with Gasteiger partial charge < -0.3 is 18.9 Å². The molecule has 0 aromatic heterocycles. The van der Waals surface area contributed by atoms with Gasteiger partial charge in [0, 0.05) is 14.2 Å². The zero-order valence-corrected chi connectivity index (χ0v) is 14.0. The van der Waals surface area contributed by atoms with E-state index < -0.39 is 0 Å². The average molecular weight is 346 g/mol. The average Bonchev–Trinajstić information content (AvgIpc) is 2.62. The largest absolute Gasteiger partial charge is 0.467 e. The standard InChI is InChI=1S/C19H19FO5/c1-22-12-24-17-7-4-8-18(25-13-23-2)19(17)16(21)10-9-14-5-3-6-15(20)11-14/h3-11H,12-13H2,1-2H3/b10-9+. The van der Waals surface area contributed by atoms with E-state index in [9.17, 15) is 9.18 Å². The molecule has 6 heteroatoms. The minimum Gasteiger partial charge on any atom is -0.467 e. The van der Waals surface area contributed by atoms with Crippen molar-refractivity contribution in [2.75, 3.05) is 27.8 Å². The highest BCUT2D eigenvalue weighted by atomic mass is 19.1. The molecule has 0 heterocycles. The van der Waals surface area contributed by atoms with Gasteiger partial charge in [-0.2, -0.15) is 0 Å². The van der Waals surface area contributed by atoms with Crippen molar-refractivity contribution in [3.63, 3.8) is 0 Å². The Hall–Kier alpha value is -2.70. The van der Waals surface area contributed by atoms with Crippen LogP contribution in [0.2, 0.25) is 0 Å². The van der Waals surface area contributed by atoms with E-state index in [0.717, 1.165) is 0 Å². The molecule has 0 bridgehead atoms. The molecule has 0 aliphatic rings. The third-order valence-corrected chi connectivity index (χ3v) is 3.17. The number of carbonyl (C=O) groups is 1. The van der Waals surface area contributed by atoms with Crippen LogP contribution in [0.4, 0.5) is 4.39 Å². The Morgan fingerprint density at radius 2 is 1.60 bits per heavy atom. The Morgan fingerprint density at radius 1 is 1.00 bits per heavy atom. The molecular weight excluding hydrogens is 327 g/mol. The number of rotatable bonds is 9. The van der Waals surface area contributed by atoms with Gasteiger partial charge >= 0.3 is 0 Å². The van der Waals surface area contributed by atoms with Crippen LogP contribution in [0.25, 0.3) is 6.08 Å². The summed E-state index contributed by atoms with van der Waals surface area (Å²) in [6.45, 7) is -0.0246. The number of allylic oxidation sites excluding steroid dienone is 1. The SMILES string of the molecule is COCOc1cccc(OCOC)c1C(=O)/C=C/c1cccc(F)c1. The molecule has 0 aliphatic heterocycles. The van der Waals surface area contributed by atoms with Gasteiger partial charge in [-0.3, -0.25) is 4.79 Å². The first-order valence-corrected chi connectivity index (χ1v) is 7.50. The van der Waals surface area contributed by atoms with Gasteiger partial charge in [-0.25, -0.2) is 4.39 Å². The lowest BCUT2D eigenvalue weighted by Gasteiger charge is -2.13. The van der Waals surface area contributed by atoms with Crippen molar-refractivity contribution in [2.24, 2.45) is 0 Å².